The van der Waals surface area contributed by atoms with Gasteiger partial charge in [0, 0.05) is 27.7 Å². The van der Waals surface area contributed by atoms with Gasteiger partial charge in [0.15, 0.2) is 0 Å². The molecule has 0 saturated heterocycles. The second-order valence-corrected chi connectivity index (χ2v) is 5.72. The molecular weight excluding hydrogens is 308 g/mol. The van der Waals surface area contributed by atoms with E-state index in [4.69, 9.17) is 11.6 Å². The maximum absolute atomic E-state index is 6.15. The number of thiazole rings is 1. The fraction of sp³-hybridized carbons (Fsp3) is 0.182. The van der Waals surface area contributed by atoms with E-state index in [2.05, 4.69) is 26.2 Å². The molecule has 0 bridgehead atoms. The van der Waals surface area contributed by atoms with Gasteiger partial charge in [0.05, 0.1) is 5.02 Å². The van der Waals surface area contributed by atoms with Gasteiger partial charge in [-0.1, -0.05) is 27.5 Å². The number of nitrogens with one attached hydrogen (secondary N) is 1. The normalized spacial score (nSPS) is 10.7. The molecule has 0 radical (unpaired) electrons. The van der Waals surface area contributed by atoms with Crippen LogP contribution in [0.5, 0.6) is 0 Å². The fourth-order valence-electron chi connectivity index (χ4n) is 1.35. The lowest BCUT2D eigenvalue weighted by molar-refractivity contribution is 0.829. The number of hydrogen-bond donors (Lipinski definition) is 1. The van der Waals surface area contributed by atoms with E-state index in [-0.39, 0.29) is 0 Å². The van der Waals surface area contributed by atoms with Crippen LogP contribution in [0.4, 0.5) is 0 Å². The van der Waals surface area contributed by atoms with Crippen molar-refractivity contribution in [3.05, 3.63) is 38.8 Å². The fourth-order valence-corrected chi connectivity index (χ4v) is 2.93. The van der Waals surface area contributed by atoms with Crippen LogP contribution in [0.3, 0.4) is 0 Å². The van der Waals surface area contributed by atoms with Gasteiger partial charge in [-0.3, -0.25) is 0 Å². The summed E-state index contributed by atoms with van der Waals surface area (Å²) in [6.45, 7) is 0.837. The van der Waals surface area contributed by atoms with Crippen molar-refractivity contribution in [3.8, 4) is 10.6 Å². The van der Waals surface area contributed by atoms with Crippen molar-refractivity contribution in [1.82, 2.24) is 10.3 Å². The van der Waals surface area contributed by atoms with Crippen LogP contribution in [0.2, 0.25) is 5.02 Å². The zero-order valence-electron chi connectivity index (χ0n) is 8.63. The second-order valence-electron chi connectivity index (χ2n) is 3.29. The van der Waals surface area contributed by atoms with Gasteiger partial charge in [-0.25, -0.2) is 4.98 Å². The van der Waals surface area contributed by atoms with E-state index in [1.165, 1.54) is 4.88 Å². The smallest absolute Gasteiger partial charge is 0.125 e. The largest absolute Gasteiger partial charge is 0.315 e. The van der Waals surface area contributed by atoms with Crippen LogP contribution in [0.1, 0.15) is 4.88 Å². The standard InChI is InChI=1S/C11H10BrClN2S/c1-14-5-8-6-15-11(16-8)9-4-7(12)2-3-10(9)13/h2-4,6,14H,5H2,1H3. The molecule has 0 unspecified atom stereocenters. The van der Waals surface area contributed by atoms with E-state index in [1.54, 1.807) is 11.3 Å². The third-order valence-electron chi connectivity index (χ3n) is 2.06. The quantitative estimate of drug-likeness (QED) is 0.927. The monoisotopic (exact) mass is 316 g/mol. The Morgan fingerprint density at radius 3 is 3.06 bits per heavy atom. The average molecular weight is 318 g/mol. The lowest BCUT2D eigenvalue weighted by atomic mass is 10.2. The predicted molar refractivity (Wildman–Crippen MR) is 73.0 cm³/mol. The van der Waals surface area contributed by atoms with Gasteiger partial charge >= 0.3 is 0 Å². The Labute approximate surface area is 112 Å². The summed E-state index contributed by atoms with van der Waals surface area (Å²) in [7, 11) is 1.92. The van der Waals surface area contributed by atoms with E-state index in [9.17, 15) is 0 Å². The topological polar surface area (TPSA) is 24.9 Å². The second kappa shape index (κ2) is 5.27. The molecule has 1 heterocycles. The van der Waals surface area contributed by atoms with Crippen LogP contribution in [-0.4, -0.2) is 12.0 Å². The van der Waals surface area contributed by atoms with Crippen LogP contribution in [0, 0.1) is 0 Å². The molecule has 1 aromatic heterocycles. The molecular formula is C11H10BrClN2S. The minimum Gasteiger partial charge on any atom is -0.315 e. The lowest BCUT2D eigenvalue weighted by Crippen LogP contribution is -2.02. The van der Waals surface area contributed by atoms with Crippen molar-refractivity contribution >= 4 is 38.9 Å². The SMILES string of the molecule is CNCc1cnc(-c2cc(Br)ccc2Cl)s1. The molecule has 0 fully saturated rings. The zero-order valence-corrected chi connectivity index (χ0v) is 11.8. The number of hydrogen-bond acceptors (Lipinski definition) is 3. The molecule has 0 amide bonds. The van der Waals surface area contributed by atoms with Crippen LogP contribution >= 0.6 is 38.9 Å². The van der Waals surface area contributed by atoms with Crippen molar-refractivity contribution in [1.29, 1.82) is 0 Å². The number of aromatic nitrogens is 1. The van der Waals surface area contributed by atoms with Gasteiger partial charge in [0.2, 0.25) is 0 Å². The molecule has 84 valence electrons. The molecule has 2 rings (SSSR count). The first kappa shape index (κ1) is 12.0. The highest BCUT2D eigenvalue weighted by Crippen LogP contribution is 2.33. The van der Waals surface area contributed by atoms with Gasteiger partial charge in [0.25, 0.3) is 0 Å². The molecule has 2 aromatic rings. The van der Waals surface area contributed by atoms with Gasteiger partial charge in [-0.2, -0.15) is 0 Å². The molecule has 16 heavy (non-hydrogen) atoms. The summed E-state index contributed by atoms with van der Waals surface area (Å²) in [5.74, 6) is 0. The first-order chi connectivity index (χ1) is 7.70. The lowest BCUT2D eigenvalue weighted by Gasteiger charge is -2.00. The van der Waals surface area contributed by atoms with E-state index >= 15 is 0 Å². The molecule has 0 aliphatic carbocycles. The first-order valence-corrected chi connectivity index (χ1v) is 6.74. The first-order valence-electron chi connectivity index (χ1n) is 4.75. The summed E-state index contributed by atoms with van der Waals surface area (Å²) < 4.78 is 1.01. The van der Waals surface area contributed by atoms with Gasteiger partial charge in [-0.05, 0) is 25.2 Å². The Hall–Kier alpha value is -0.420. The number of nitrogens with zero attached hydrogens (tertiary/aromatic N) is 1. The van der Waals surface area contributed by atoms with E-state index in [1.807, 2.05) is 31.4 Å². The van der Waals surface area contributed by atoms with Crippen molar-refractivity contribution in [2.45, 2.75) is 6.54 Å². The molecule has 5 heteroatoms. The van der Waals surface area contributed by atoms with Crippen LogP contribution in [0.15, 0.2) is 28.9 Å². The predicted octanol–water partition coefficient (Wildman–Crippen LogP) is 3.95. The number of rotatable bonds is 3. The number of halogens is 2. The Kier molecular flexibility index (Phi) is 3.97. The maximum atomic E-state index is 6.15. The summed E-state index contributed by atoms with van der Waals surface area (Å²) in [4.78, 5) is 5.58. The molecule has 2 nitrogen and oxygen atoms in total. The van der Waals surface area contributed by atoms with Crippen LogP contribution in [0.25, 0.3) is 10.6 Å². The van der Waals surface area contributed by atoms with Crippen molar-refractivity contribution < 1.29 is 0 Å². The molecule has 0 atom stereocenters. The van der Waals surface area contributed by atoms with Gasteiger partial charge < -0.3 is 5.32 Å². The molecule has 0 saturated carbocycles. The molecule has 1 N–H and O–H groups in total. The Morgan fingerprint density at radius 2 is 2.31 bits per heavy atom. The summed E-state index contributed by atoms with van der Waals surface area (Å²) in [6, 6.07) is 5.79. The molecule has 1 aromatic carbocycles. The third kappa shape index (κ3) is 2.63. The summed E-state index contributed by atoms with van der Waals surface area (Å²) >= 11 is 11.2. The third-order valence-corrected chi connectivity index (χ3v) is 3.92. The van der Waals surface area contributed by atoms with Gasteiger partial charge in [0.1, 0.15) is 5.01 Å². The van der Waals surface area contributed by atoms with Crippen molar-refractivity contribution in [2.24, 2.45) is 0 Å². The summed E-state index contributed by atoms with van der Waals surface area (Å²) in [6.07, 6.45) is 1.88. The Balaban J connectivity index is 2.38. The van der Waals surface area contributed by atoms with Crippen LogP contribution < -0.4 is 5.32 Å². The van der Waals surface area contributed by atoms with Crippen molar-refractivity contribution in [2.75, 3.05) is 7.05 Å². The van der Waals surface area contributed by atoms with E-state index < -0.39 is 0 Å². The number of benzene rings is 1. The van der Waals surface area contributed by atoms with Crippen molar-refractivity contribution in [3.63, 3.8) is 0 Å². The Bertz CT molecular complexity index is 498. The average Bonchev–Trinajstić information content (AvgIpc) is 2.71. The molecule has 0 aliphatic rings. The Morgan fingerprint density at radius 1 is 1.50 bits per heavy atom. The minimum absolute atomic E-state index is 0.730. The summed E-state index contributed by atoms with van der Waals surface area (Å²) in [5.41, 5.74) is 0.975. The van der Waals surface area contributed by atoms with E-state index in [0.717, 1.165) is 26.6 Å². The highest BCUT2D eigenvalue weighted by atomic mass is 79.9. The molecule has 0 spiro atoms. The highest BCUT2D eigenvalue weighted by Gasteiger charge is 2.08. The zero-order chi connectivity index (χ0) is 11.5. The molecule has 0 aliphatic heterocycles. The maximum Gasteiger partial charge on any atom is 0.125 e. The van der Waals surface area contributed by atoms with Crippen LogP contribution in [-0.2, 0) is 6.54 Å². The van der Waals surface area contributed by atoms with E-state index in [0.29, 0.717) is 0 Å². The highest BCUT2D eigenvalue weighted by molar-refractivity contribution is 9.10. The minimum atomic E-state index is 0.730. The van der Waals surface area contributed by atoms with Gasteiger partial charge in [-0.15, -0.1) is 11.3 Å². The summed E-state index contributed by atoms with van der Waals surface area (Å²) in [5, 5.41) is 4.79.